The number of nitrogens with zero attached hydrogens (tertiary/aromatic N) is 2. The van der Waals surface area contributed by atoms with Crippen molar-refractivity contribution in [2.45, 2.75) is 32.6 Å². The van der Waals surface area contributed by atoms with E-state index in [9.17, 15) is 9.59 Å². The lowest BCUT2D eigenvalue weighted by Gasteiger charge is -2.12. The number of esters is 1. The van der Waals surface area contributed by atoms with Crippen LogP contribution < -0.4 is 5.32 Å². The predicted octanol–water partition coefficient (Wildman–Crippen LogP) is 3.55. The van der Waals surface area contributed by atoms with Crippen LogP contribution in [0.15, 0.2) is 12.1 Å². The second-order valence-corrected chi connectivity index (χ2v) is 6.67. The number of carbonyl (C=O) groups is 2. The molecule has 1 aliphatic rings. The Morgan fingerprint density at radius 3 is 2.60 bits per heavy atom. The molecule has 1 heterocycles. The third-order valence-electron chi connectivity index (χ3n) is 4.61. The molecule has 0 atom stereocenters. The van der Waals surface area contributed by atoms with Crippen molar-refractivity contribution in [3.05, 3.63) is 28.4 Å². The fourth-order valence-corrected chi connectivity index (χ4v) is 3.39. The molecule has 25 heavy (non-hydrogen) atoms. The molecule has 0 bridgehead atoms. The van der Waals surface area contributed by atoms with Gasteiger partial charge in [-0.25, -0.2) is 14.8 Å². The number of aryl methyl sites for hydroxylation is 1. The number of fused-ring (bicyclic) bond motifs is 1. The smallest absolute Gasteiger partial charge is 0.338 e. The second-order valence-electron chi connectivity index (χ2n) is 6.31. The maximum absolute atomic E-state index is 12.2. The Balaban J connectivity index is 1.83. The first kappa shape index (κ1) is 17.6. The molecule has 0 unspecified atom stereocenters. The lowest BCUT2D eigenvalue weighted by Crippen LogP contribution is -2.21. The maximum Gasteiger partial charge on any atom is 0.338 e. The third kappa shape index (κ3) is 3.74. The summed E-state index contributed by atoms with van der Waals surface area (Å²) in [5.74, 6) is 0.282. The summed E-state index contributed by atoms with van der Waals surface area (Å²) in [7, 11) is 1.33. The van der Waals surface area contributed by atoms with Gasteiger partial charge in [-0.15, -0.1) is 0 Å². The van der Waals surface area contributed by atoms with E-state index in [0.29, 0.717) is 22.4 Å². The average molecular weight is 362 g/mol. The van der Waals surface area contributed by atoms with E-state index in [1.54, 1.807) is 19.1 Å². The van der Waals surface area contributed by atoms with Crippen molar-refractivity contribution in [1.29, 1.82) is 0 Å². The Hall–Kier alpha value is -2.21. The van der Waals surface area contributed by atoms with Crippen molar-refractivity contribution in [3.8, 4) is 0 Å². The summed E-state index contributed by atoms with van der Waals surface area (Å²) in [6.07, 6.45) is 4.17. The first-order valence-electron chi connectivity index (χ1n) is 8.32. The standard InChI is InChI=1S/C18H20ClN3O3/c1-10-7-13-14(8-12(10)18(24)25-2)21-16(19)17(22-13)20-9-15(23)11-5-3-4-6-11/h7-8,11H,3-6,9H2,1-2H3,(H,20,22). The number of hydrogen-bond acceptors (Lipinski definition) is 6. The molecule has 0 saturated heterocycles. The fourth-order valence-electron chi connectivity index (χ4n) is 3.19. The zero-order valence-electron chi connectivity index (χ0n) is 14.3. The molecule has 1 fully saturated rings. The molecule has 6 nitrogen and oxygen atoms in total. The van der Waals surface area contributed by atoms with E-state index < -0.39 is 5.97 Å². The second kappa shape index (κ2) is 7.35. The van der Waals surface area contributed by atoms with Gasteiger partial charge in [-0.05, 0) is 37.5 Å². The highest BCUT2D eigenvalue weighted by atomic mass is 35.5. The number of anilines is 1. The number of carbonyl (C=O) groups excluding carboxylic acids is 2. The van der Waals surface area contributed by atoms with Gasteiger partial charge in [-0.1, -0.05) is 24.4 Å². The maximum atomic E-state index is 12.2. The van der Waals surface area contributed by atoms with Crippen LogP contribution in [0, 0.1) is 12.8 Å². The Morgan fingerprint density at radius 1 is 1.24 bits per heavy atom. The van der Waals surface area contributed by atoms with Crippen LogP contribution in [0.3, 0.4) is 0 Å². The molecule has 2 aromatic rings. The van der Waals surface area contributed by atoms with Crippen molar-refractivity contribution in [1.82, 2.24) is 9.97 Å². The minimum atomic E-state index is -0.429. The van der Waals surface area contributed by atoms with E-state index in [0.717, 1.165) is 31.2 Å². The van der Waals surface area contributed by atoms with Gasteiger partial charge in [0, 0.05) is 5.92 Å². The van der Waals surface area contributed by atoms with Gasteiger partial charge in [0.15, 0.2) is 16.8 Å². The number of rotatable bonds is 5. The molecule has 1 aromatic heterocycles. The zero-order valence-corrected chi connectivity index (χ0v) is 15.0. The van der Waals surface area contributed by atoms with Crippen LogP contribution in [-0.4, -0.2) is 35.4 Å². The van der Waals surface area contributed by atoms with Crippen LogP contribution in [0.4, 0.5) is 5.82 Å². The molecule has 3 rings (SSSR count). The Bertz CT molecular complexity index is 832. The molecule has 1 saturated carbocycles. The Kier molecular flexibility index (Phi) is 5.18. The highest BCUT2D eigenvalue weighted by Gasteiger charge is 2.22. The number of ether oxygens (including phenoxy) is 1. The number of benzene rings is 1. The SMILES string of the molecule is COC(=O)c1cc2nc(Cl)c(NCC(=O)C3CCCC3)nc2cc1C. The van der Waals surface area contributed by atoms with Crippen molar-refractivity contribution in [3.63, 3.8) is 0 Å². The van der Waals surface area contributed by atoms with E-state index in [4.69, 9.17) is 16.3 Å². The molecule has 0 aliphatic heterocycles. The molecule has 1 aliphatic carbocycles. The quantitative estimate of drug-likeness (QED) is 0.820. The zero-order chi connectivity index (χ0) is 18.0. The number of methoxy groups -OCH3 is 1. The number of ketones is 1. The normalized spacial score (nSPS) is 14.7. The van der Waals surface area contributed by atoms with Crippen molar-refractivity contribution in [2.24, 2.45) is 5.92 Å². The van der Waals surface area contributed by atoms with E-state index in [-0.39, 0.29) is 23.4 Å². The van der Waals surface area contributed by atoms with E-state index in [2.05, 4.69) is 15.3 Å². The van der Waals surface area contributed by atoms with Crippen LogP contribution in [0.25, 0.3) is 11.0 Å². The lowest BCUT2D eigenvalue weighted by molar-refractivity contribution is -0.120. The topological polar surface area (TPSA) is 81.2 Å². The Morgan fingerprint density at radius 2 is 1.92 bits per heavy atom. The van der Waals surface area contributed by atoms with Crippen molar-refractivity contribution >= 4 is 40.2 Å². The monoisotopic (exact) mass is 361 g/mol. The molecular weight excluding hydrogens is 342 g/mol. The summed E-state index contributed by atoms with van der Waals surface area (Å²) in [6, 6.07) is 3.37. The van der Waals surface area contributed by atoms with Gasteiger partial charge in [0.05, 0.1) is 30.3 Å². The van der Waals surface area contributed by atoms with Gasteiger partial charge in [0.1, 0.15) is 0 Å². The first-order valence-corrected chi connectivity index (χ1v) is 8.70. The number of hydrogen-bond donors (Lipinski definition) is 1. The molecule has 1 aromatic carbocycles. The van der Waals surface area contributed by atoms with Crippen LogP contribution in [0.5, 0.6) is 0 Å². The average Bonchev–Trinajstić information content (AvgIpc) is 3.13. The van der Waals surface area contributed by atoms with Crippen molar-refractivity contribution in [2.75, 3.05) is 19.0 Å². The summed E-state index contributed by atoms with van der Waals surface area (Å²) in [4.78, 5) is 32.7. The van der Waals surface area contributed by atoms with Crippen LogP contribution in [0.2, 0.25) is 5.15 Å². The number of halogens is 1. The first-order chi connectivity index (χ1) is 12.0. The van der Waals surface area contributed by atoms with Gasteiger partial charge >= 0.3 is 5.97 Å². The number of nitrogens with one attached hydrogen (secondary N) is 1. The molecular formula is C18H20ClN3O3. The number of aromatic nitrogens is 2. The molecule has 0 radical (unpaired) electrons. The fraction of sp³-hybridized carbons (Fsp3) is 0.444. The van der Waals surface area contributed by atoms with E-state index in [1.807, 2.05) is 0 Å². The van der Waals surface area contributed by atoms with Gasteiger partial charge < -0.3 is 10.1 Å². The summed E-state index contributed by atoms with van der Waals surface area (Å²) < 4.78 is 4.76. The molecule has 0 amide bonds. The molecule has 1 N–H and O–H groups in total. The molecule has 0 spiro atoms. The Labute approximate surface area is 150 Å². The third-order valence-corrected chi connectivity index (χ3v) is 4.88. The van der Waals surface area contributed by atoms with Crippen molar-refractivity contribution < 1.29 is 14.3 Å². The summed E-state index contributed by atoms with van der Waals surface area (Å²) in [5, 5.41) is 3.18. The highest BCUT2D eigenvalue weighted by molar-refractivity contribution is 6.32. The van der Waals surface area contributed by atoms with E-state index >= 15 is 0 Å². The number of Topliss-reactive ketones (excluding diaryl/α,β-unsaturated/α-hetero) is 1. The van der Waals surface area contributed by atoms with Gasteiger partial charge in [0.25, 0.3) is 0 Å². The van der Waals surface area contributed by atoms with Crippen LogP contribution in [0.1, 0.15) is 41.6 Å². The minimum Gasteiger partial charge on any atom is -0.465 e. The molecule has 7 heteroatoms. The van der Waals surface area contributed by atoms with Crippen LogP contribution in [-0.2, 0) is 9.53 Å². The van der Waals surface area contributed by atoms with Gasteiger partial charge in [0.2, 0.25) is 0 Å². The highest BCUT2D eigenvalue weighted by Crippen LogP contribution is 2.27. The molecule has 132 valence electrons. The van der Waals surface area contributed by atoms with Crippen LogP contribution >= 0.6 is 11.6 Å². The lowest BCUT2D eigenvalue weighted by atomic mass is 10.0. The van der Waals surface area contributed by atoms with Gasteiger partial charge in [-0.3, -0.25) is 4.79 Å². The van der Waals surface area contributed by atoms with Gasteiger partial charge in [-0.2, -0.15) is 0 Å². The summed E-state index contributed by atoms with van der Waals surface area (Å²) in [5.41, 5.74) is 2.27. The predicted molar refractivity (Wildman–Crippen MR) is 96.1 cm³/mol. The minimum absolute atomic E-state index is 0.143. The summed E-state index contributed by atoms with van der Waals surface area (Å²) >= 11 is 6.19. The summed E-state index contributed by atoms with van der Waals surface area (Å²) in [6.45, 7) is 2.00. The van der Waals surface area contributed by atoms with E-state index in [1.165, 1.54) is 7.11 Å². The largest absolute Gasteiger partial charge is 0.465 e.